The molecule has 1 aromatic heterocycles. The number of halogens is 1. The van der Waals surface area contributed by atoms with E-state index in [4.69, 9.17) is 5.73 Å². The van der Waals surface area contributed by atoms with E-state index in [0.717, 1.165) is 46.9 Å². The first-order chi connectivity index (χ1) is 10.1. The number of nitrogens with zero attached hydrogens (tertiary/aromatic N) is 2. The Kier molecular flexibility index (Phi) is 4.17. The summed E-state index contributed by atoms with van der Waals surface area (Å²) < 4.78 is 0.887. The third-order valence-corrected chi connectivity index (χ3v) is 5.46. The number of hydrogen-bond acceptors (Lipinski definition) is 4. The van der Waals surface area contributed by atoms with Gasteiger partial charge in [0, 0.05) is 42.0 Å². The van der Waals surface area contributed by atoms with Crippen molar-refractivity contribution in [3.05, 3.63) is 45.1 Å². The van der Waals surface area contributed by atoms with Gasteiger partial charge in [0.25, 0.3) is 5.91 Å². The largest absolute Gasteiger partial charge is 0.399 e. The predicted octanol–water partition coefficient (Wildman–Crippen LogP) is 3.06. The van der Waals surface area contributed by atoms with Crippen molar-refractivity contribution < 1.29 is 4.79 Å². The van der Waals surface area contributed by atoms with Crippen molar-refractivity contribution in [2.75, 3.05) is 36.8 Å². The molecule has 1 aliphatic heterocycles. The summed E-state index contributed by atoms with van der Waals surface area (Å²) >= 11 is 4.91. The standard InChI is InChI=1S/C15H16BrN3OS/c16-13-5-10-21-14(13)15(20)19-8-6-18(7-9-19)12-3-1-11(17)2-4-12/h1-5,10H,6-9,17H2. The SMILES string of the molecule is Nc1ccc(N2CCN(C(=O)c3sccc3Br)CC2)cc1. The number of piperazine rings is 1. The highest BCUT2D eigenvalue weighted by molar-refractivity contribution is 9.10. The minimum absolute atomic E-state index is 0.119. The first-order valence-corrected chi connectivity index (χ1v) is 8.45. The minimum atomic E-state index is 0.119. The molecule has 1 fully saturated rings. The monoisotopic (exact) mass is 365 g/mol. The van der Waals surface area contributed by atoms with Gasteiger partial charge in [-0.3, -0.25) is 4.79 Å². The van der Waals surface area contributed by atoms with Gasteiger partial charge in [-0.25, -0.2) is 0 Å². The Hall–Kier alpha value is -1.53. The molecular formula is C15H16BrN3OS. The van der Waals surface area contributed by atoms with E-state index in [9.17, 15) is 4.79 Å². The van der Waals surface area contributed by atoms with E-state index in [2.05, 4.69) is 20.8 Å². The van der Waals surface area contributed by atoms with Gasteiger partial charge in [0.2, 0.25) is 0 Å². The molecule has 6 heteroatoms. The molecule has 2 N–H and O–H groups in total. The zero-order valence-electron chi connectivity index (χ0n) is 11.5. The van der Waals surface area contributed by atoms with Gasteiger partial charge in [0.15, 0.2) is 0 Å². The molecule has 4 nitrogen and oxygen atoms in total. The number of anilines is 2. The van der Waals surface area contributed by atoms with Crippen LogP contribution in [0.5, 0.6) is 0 Å². The first kappa shape index (κ1) is 14.4. The highest BCUT2D eigenvalue weighted by atomic mass is 79.9. The van der Waals surface area contributed by atoms with Crippen LogP contribution in [0.3, 0.4) is 0 Å². The summed E-state index contributed by atoms with van der Waals surface area (Å²) in [5, 5.41) is 1.93. The molecule has 1 saturated heterocycles. The maximum absolute atomic E-state index is 12.4. The summed E-state index contributed by atoms with van der Waals surface area (Å²) in [6.45, 7) is 3.18. The number of nitrogen functional groups attached to an aromatic ring is 1. The van der Waals surface area contributed by atoms with Crippen LogP contribution in [-0.4, -0.2) is 37.0 Å². The number of benzene rings is 1. The second kappa shape index (κ2) is 6.07. The molecule has 0 radical (unpaired) electrons. The Morgan fingerprint density at radius 2 is 1.76 bits per heavy atom. The number of rotatable bonds is 2. The Morgan fingerprint density at radius 3 is 2.33 bits per heavy atom. The number of carbonyl (C=O) groups excluding carboxylic acids is 1. The zero-order chi connectivity index (χ0) is 14.8. The van der Waals surface area contributed by atoms with Crippen LogP contribution in [0.2, 0.25) is 0 Å². The molecular weight excluding hydrogens is 350 g/mol. The van der Waals surface area contributed by atoms with Gasteiger partial charge in [0.05, 0.1) is 0 Å². The lowest BCUT2D eigenvalue weighted by Crippen LogP contribution is -2.48. The van der Waals surface area contributed by atoms with Gasteiger partial charge in [-0.05, 0) is 51.6 Å². The fraction of sp³-hybridized carbons (Fsp3) is 0.267. The molecule has 0 unspecified atom stereocenters. The number of thiophene rings is 1. The molecule has 0 bridgehead atoms. The summed E-state index contributed by atoms with van der Waals surface area (Å²) in [5.41, 5.74) is 7.65. The van der Waals surface area contributed by atoms with Crippen molar-refractivity contribution in [3.8, 4) is 0 Å². The van der Waals surface area contributed by atoms with Crippen LogP contribution in [0.1, 0.15) is 9.67 Å². The van der Waals surface area contributed by atoms with Crippen LogP contribution in [0.4, 0.5) is 11.4 Å². The molecule has 0 atom stereocenters. The van der Waals surface area contributed by atoms with Crippen LogP contribution in [-0.2, 0) is 0 Å². The Morgan fingerprint density at radius 1 is 1.10 bits per heavy atom. The lowest BCUT2D eigenvalue weighted by molar-refractivity contribution is 0.0751. The average molecular weight is 366 g/mol. The van der Waals surface area contributed by atoms with Crippen molar-refractivity contribution in [1.82, 2.24) is 4.90 Å². The second-order valence-corrected chi connectivity index (χ2v) is 6.74. The molecule has 3 rings (SSSR count). The highest BCUT2D eigenvalue weighted by Gasteiger charge is 2.24. The maximum Gasteiger partial charge on any atom is 0.265 e. The lowest BCUT2D eigenvalue weighted by atomic mass is 10.2. The van der Waals surface area contributed by atoms with Gasteiger partial charge in [-0.2, -0.15) is 0 Å². The van der Waals surface area contributed by atoms with Crippen molar-refractivity contribution in [2.24, 2.45) is 0 Å². The van der Waals surface area contributed by atoms with Gasteiger partial charge < -0.3 is 15.5 Å². The fourth-order valence-electron chi connectivity index (χ4n) is 2.44. The van der Waals surface area contributed by atoms with E-state index in [1.165, 1.54) is 11.3 Å². The quantitative estimate of drug-likeness (QED) is 0.832. The molecule has 0 aliphatic carbocycles. The third kappa shape index (κ3) is 3.06. The molecule has 0 saturated carbocycles. The van der Waals surface area contributed by atoms with Crippen LogP contribution in [0, 0.1) is 0 Å². The summed E-state index contributed by atoms with van der Waals surface area (Å²) in [5.74, 6) is 0.119. The summed E-state index contributed by atoms with van der Waals surface area (Å²) in [6, 6.07) is 9.80. The third-order valence-electron chi connectivity index (χ3n) is 3.64. The Balaban J connectivity index is 1.64. The molecule has 2 aromatic rings. The number of hydrogen-bond donors (Lipinski definition) is 1. The molecule has 110 valence electrons. The molecule has 1 aromatic carbocycles. The van der Waals surface area contributed by atoms with E-state index in [0.29, 0.717) is 0 Å². The molecule has 21 heavy (non-hydrogen) atoms. The van der Waals surface area contributed by atoms with Gasteiger partial charge in [-0.1, -0.05) is 0 Å². The predicted molar refractivity (Wildman–Crippen MR) is 91.0 cm³/mol. The van der Waals surface area contributed by atoms with E-state index in [1.807, 2.05) is 40.6 Å². The van der Waals surface area contributed by atoms with Gasteiger partial charge in [-0.15, -0.1) is 11.3 Å². The van der Waals surface area contributed by atoms with Crippen molar-refractivity contribution in [1.29, 1.82) is 0 Å². The van der Waals surface area contributed by atoms with E-state index in [1.54, 1.807) is 0 Å². The molecule has 0 spiro atoms. The summed E-state index contributed by atoms with van der Waals surface area (Å²) in [7, 11) is 0. The van der Waals surface area contributed by atoms with Gasteiger partial charge in [0.1, 0.15) is 4.88 Å². The lowest BCUT2D eigenvalue weighted by Gasteiger charge is -2.36. The van der Waals surface area contributed by atoms with Crippen molar-refractivity contribution >= 4 is 44.5 Å². The molecule has 1 amide bonds. The summed E-state index contributed by atoms with van der Waals surface area (Å²) in [4.78, 5) is 17.4. The first-order valence-electron chi connectivity index (χ1n) is 6.78. The molecule has 2 heterocycles. The van der Waals surface area contributed by atoms with Crippen LogP contribution >= 0.6 is 27.3 Å². The van der Waals surface area contributed by atoms with Crippen LogP contribution in [0.25, 0.3) is 0 Å². The van der Waals surface area contributed by atoms with E-state index in [-0.39, 0.29) is 5.91 Å². The minimum Gasteiger partial charge on any atom is -0.399 e. The highest BCUT2D eigenvalue weighted by Crippen LogP contribution is 2.25. The number of amides is 1. The average Bonchev–Trinajstić information content (AvgIpc) is 2.94. The zero-order valence-corrected chi connectivity index (χ0v) is 13.9. The summed E-state index contributed by atoms with van der Waals surface area (Å²) in [6.07, 6.45) is 0. The smallest absolute Gasteiger partial charge is 0.265 e. The Labute approximate surface area is 136 Å². The van der Waals surface area contributed by atoms with Gasteiger partial charge >= 0.3 is 0 Å². The fourth-order valence-corrected chi connectivity index (χ4v) is 3.95. The van der Waals surface area contributed by atoms with Crippen molar-refractivity contribution in [3.63, 3.8) is 0 Å². The number of nitrogens with two attached hydrogens (primary N) is 1. The van der Waals surface area contributed by atoms with E-state index >= 15 is 0 Å². The topological polar surface area (TPSA) is 49.6 Å². The second-order valence-electron chi connectivity index (χ2n) is 4.97. The molecule has 1 aliphatic rings. The normalized spacial score (nSPS) is 15.3. The van der Waals surface area contributed by atoms with Crippen LogP contribution < -0.4 is 10.6 Å². The van der Waals surface area contributed by atoms with Crippen molar-refractivity contribution in [2.45, 2.75) is 0 Å². The van der Waals surface area contributed by atoms with E-state index < -0.39 is 0 Å². The number of carbonyl (C=O) groups is 1. The Bertz CT molecular complexity index is 633. The van der Waals surface area contributed by atoms with Crippen LogP contribution in [0.15, 0.2) is 40.2 Å². The maximum atomic E-state index is 12.4.